The van der Waals surface area contributed by atoms with Gasteiger partial charge >= 0.3 is 0 Å². The van der Waals surface area contributed by atoms with Crippen molar-refractivity contribution in [1.82, 2.24) is 5.32 Å². The number of nitrogens with one attached hydrogen (secondary N) is 2. The lowest BCUT2D eigenvalue weighted by atomic mass is 9.96. The zero-order chi connectivity index (χ0) is 23.7. The lowest BCUT2D eigenvalue weighted by molar-refractivity contribution is 0.466. The molecule has 0 aromatic heterocycles. The first kappa shape index (κ1) is 25.0. The lowest BCUT2D eigenvalue weighted by Crippen LogP contribution is -2.32. The van der Waals surface area contributed by atoms with Gasteiger partial charge in [0.25, 0.3) is 10.9 Å². The monoisotopic (exact) mass is 488 g/mol. The molecular formula is C25H20ClF3N2O3. The van der Waals surface area contributed by atoms with Gasteiger partial charge in [-0.15, -0.1) is 12.4 Å². The number of halogens is 4. The molecule has 0 bridgehead atoms. The van der Waals surface area contributed by atoms with Crippen molar-refractivity contribution in [1.29, 1.82) is 0 Å². The molecule has 4 aromatic carbocycles. The Hall–Kier alpha value is -3.62. The van der Waals surface area contributed by atoms with Gasteiger partial charge in [0, 0.05) is 17.8 Å². The highest BCUT2D eigenvalue weighted by Gasteiger charge is 2.22. The van der Waals surface area contributed by atoms with Gasteiger partial charge < -0.3 is 10.4 Å². The minimum absolute atomic E-state index is 0. The van der Waals surface area contributed by atoms with E-state index in [9.17, 15) is 27.9 Å². The minimum atomic E-state index is -0.948. The van der Waals surface area contributed by atoms with Crippen LogP contribution in [-0.2, 0) is 0 Å². The SMILES string of the molecule is C[C@@H](NC(c1ccc(F)cc1)c1cccc(Nc2c(O)c(=O)c2=O)c1)c1cc(F)cc(F)c1.Cl. The summed E-state index contributed by atoms with van der Waals surface area (Å²) in [5.74, 6) is -2.43. The van der Waals surface area contributed by atoms with E-state index >= 15 is 0 Å². The summed E-state index contributed by atoms with van der Waals surface area (Å²) in [4.78, 5) is 22.9. The van der Waals surface area contributed by atoms with Gasteiger partial charge in [-0.3, -0.25) is 14.9 Å². The first-order valence-electron chi connectivity index (χ1n) is 10.1. The molecule has 0 aliphatic heterocycles. The number of anilines is 2. The van der Waals surface area contributed by atoms with Crippen molar-refractivity contribution in [3.05, 3.63) is 121 Å². The van der Waals surface area contributed by atoms with E-state index in [0.29, 0.717) is 22.4 Å². The predicted molar refractivity (Wildman–Crippen MR) is 126 cm³/mol. The molecule has 34 heavy (non-hydrogen) atoms. The number of benzene rings is 3. The van der Waals surface area contributed by atoms with Crippen LogP contribution in [0.15, 0.2) is 76.3 Å². The van der Waals surface area contributed by atoms with E-state index in [2.05, 4.69) is 10.6 Å². The van der Waals surface area contributed by atoms with Crippen LogP contribution in [0.5, 0.6) is 5.75 Å². The molecule has 9 heteroatoms. The van der Waals surface area contributed by atoms with Crippen molar-refractivity contribution < 1.29 is 18.3 Å². The second kappa shape index (κ2) is 10.1. The zero-order valence-electron chi connectivity index (χ0n) is 17.8. The Morgan fingerprint density at radius 3 is 2.03 bits per heavy atom. The van der Waals surface area contributed by atoms with E-state index < -0.39 is 46.1 Å². The summed E-state index contributed by atoms with van der Waals surface area (Å²) in [5, 5.41) is 15.7. The number of rotatable bonds is 7. The highest BCUT2D eigenvalue weighted by molar-refractivity contribution is 5.85. The first-order chi connectivity index (χ1) is 15.7. The average Bonchev–Trinajstić information content (AvgIpc) is 2.80. The topological polar surface area (TPSA) is 78.4 Å². The highest BCUT2D eigenvalue weighted by Crippen LogP contribution is 2.30. The van der Waals surface area contributed by atoms with Crippen molar-refractivity contribution in [2.75, 3.05) is 5.32 Å². The van der Waals surface area contributed by atoms with Gasteiger partial charge in [-0.2, -0.15) is 0 Å². The molecule has 0 aliphatic rings. The molecule has 4 rings (SSSR count). The normalized spacial score (nSPS) is 12.7. The van der Waals surface area contributed by atoms with Gasteiger partial charge in [-0.25, -0.2) is 13.2 Å². The summed E-state index contributed by atoms with van der Waals surface area (Å²) in [7, 11) is 0. The molecular weight excluding hydrogens is 469 g/mol. The number of hydrogen-bond acceptors (Lipinski definition) is 5. The first-order valence-corrected chi connectivity index (χ1v) is 10.1. The van der Waals surface area contributed by atoms with Gasteiger partial charge in [-0.1, -0.05) is 24.3 Å². The molecule has 0 spiro atoms. The molecule has 0 saturated heterocycles. The summed E-state index contributed by atoms with van der Waals surface area (Å²) in [5.41, 5.74) is 0.258. The smallest absolute Gasteiger partial charge is 0.271 e. The Labute approximate surface area is 199 Å². The molecule has 5 nitrogen and oxygen atoms in total. The maximum atomic E-state index is 13.7. The van der Waals surface area contributed by atoms with Gasteiger partial charge in [-0.05, 0) is 60.0 Å². The molecule has 0 amide bonds. The Kier molecular flexibility index (Phi) is 7.44. The molecule has 0 aliphatic carbocycles. The third kappa shape index (κ3) is 5.13. The highest BCUT2D eigenvalue weighted by atomic mass is 35.5. The van der Waals surface area contributed by atoms with E-state index in [1.54, 1.807) is 43.3 Å². The Bertz CT molecular complexity index is 1370. The summed E-state index contributed by atoms with van der Waals surface area (Å²) in [6, 6.07) is 14.9. The van der Waals surface area contributed by atoms with Crippen molar-refractivity contribution in [2.45, 2.75) is 19.0 Å². The molecule has 0 fully saturated rings. The van der Waals surface area contributed by atoms with Gasteiger partial charge in [0.1, 0.15) is 23.1 Å². The third-order valence-electron chi connectivity index (χ3n) is 5.38. The number of hydrogen-bond donors (Lipinski definition) is 3. The van der Waals surface area contributed by atoms with Crippen LogP contribution >= 0.6 is 12.4 Å². The van der Waals surface area contributed by atoms with Crippen LogP contribution in [0.4, 0.5) is 24.5 Å². The largest absolute Gasteiger partial charge is 0.502 e. The molecule has 3 N–H and O–H groups in total. The fourth-order valence-corrected chi connectivity index (χ4v) is 3.65. The van der Waals surface area contributed by atoms with Crippen LogP contribution in [0, 0.1) is 17.5 Å². The maximum Gasteiger partial charge on any atom is 0.271 e. The van der Waals surface area contributed by atoms with E-state index in [1.807, 2.05) is 0 Å². The minimum Gasteiger partial charge on any atom is -0.502 e. The molecule has 1 unspecified atom stereocenters. The predicted octanol–water partition coefficient (Wildman–Crippen LogP) is 5.01. The number of aromatic hydroxyl groups is 1. The van der Waals surface area contributed by atoms with E-state index in [4.69, 9.17) is 0 Å². The van der Waals surface area contributed by atoms with Crippen LogP contribution in [0.25, 0.3) is 0 Å². The van der Waals surface area contributed by atoms with Crippen molar-refractivity contribution in [2.24, 2.45) is 0 Å². The molecule has 0 radical (unpaired) electrons. The van der Waals surface area contributed by atoms with Crippen LogP contribution in [0.3, 0.4) is 0 Å². The summed E-state index contributed by atoms with van der Waals surface area (Å²) in [6.45, 7) is 1.74. The summed E-state index contributed by atoms with van der Waals surface area (Å²) >= 11 is 0. The van der Waals surface area contributed by atoms with Gasteiger partial charge in [0.15, 0.2) is 5.75 Å². The third-order valence-corrected chi connectivity index (χ3v) is 5.38. The fourth-order valence-electron chi connectivity index (χ4n) is 3.65. The van der Waals surface area contributed by atoms with E-state index in [-0.39, 0.29) is 18.1 Å². The van der Waals surface area contributed by atoms with E-state index in [1.165, 1.54) is 24.3 Å². The summed E-state index contributed by atoms with van der Waals surface area (Å²) in [6.07, 6.45) is 0. The molecule has 4 aromatic rings. The molecule has 0 saturated carbocycles. The van der Waals surface area contributed by atoms with Crippen molar-refractivity contribution >= 4 is 23.8 Å². The average molecular weight is 489 g/mol. The Morgan fingerprint density at radius 2 is 1.41 bits per heavy atom. The van der Waals surface area contributed by atoms with Crippen LogP contribution in [-0.4, -0.2) is 5.11 Å². The Morgan fingerprint density at radius 1 is 0.765 bits per heavy atom. The quantitative estimate of drug-likeness (QED) is 0.319. The van der Waals surface area contributed by atoms with Crippen molar-refractivity contribution in [3.8, 4) is 5.75 Å². The van der Waals surface area contributed by atoms with Crippen LogP contribution < -0.4 is 21.5 Å². The molecule has 0 heterocycles. The second-order valence-corrected chi connectivity index (χ2v) is 7.71. The zero-order valence-corrected chi connectivity index (χ0v) is 18.6. The Balaban J connectivity index is 0.00000324. The van der Waals surface area contributed by atoms with Crippen LogP contribution in [0.1, 0.15) is 35.7 Å². The molecule has 176 valence electrons. The van der Waals surface area contributed by atoms with Gasteiger partial charge in [0.2, 0.25) is 0 Å². The lowest BCUT2D eigenvalue weighted by Gasteiger charge is -2.25. The van der Waals surface area contributed by atoms with Crippen molar-refractivity contribution in [3.63, 3.8) is 0 Å². The van der Waals surface area contributed by atoms with Gasteiger partial charge in [0.05, 0.1) is 6.04 Å². The summed E-state index contributed by atoms with van der Waals surface area (Å²) < 4.78 is 41.0. The fraction of sp³-hybridized carbons (Fsp3) is 0.120. The standard InChI is InChI=1S/C25H19F3N2O3.ClH/c1-13(16-9-18(27)12-19(28)10-16)29-21(14-5-7-17(26)8-6-14)15-3-2-4-20(11-15)30-22-23(31)25(33)24(22)32;/h2-13,21,29-31H,1H3;1H/t13-,21?;/m1./s1. The second-order valence-electron chi connectivity index (χ2n) is 7.71. The van der Waals surface area contributed by atoms with Crippen LogP contribution in [0.2, 0.25) is 0 Å². The maximum absolute atomic E-state index is 13.7. The molecule has 2 atom stereocenters. The van der Waals surface area contributed by atoms with E-state index in [0.717, 1.165) is 6.07 Å².